The second-order valence-corrected chi connectivity index (χ2v) is 8.08. The van der Waals surface area contributed by atoms with Gasteiger partial charge >= 0.3 is 12.1 Å². The molecule has 2 aromatic heterocycles. The molecule has 1 atom stereocenters. The minimum absolute atomic E-state index is 0.316. The Bertz CT molecular complexity index is 854. The van der Waals surface area contributed by atoms with Crippen LogP contribution >= 0.6 is 11.3 Å². The first-order chi connectivity index (χ1) is 14.2. The minimum Gasteiger partial charge on any atom is -0.475 e. The Labute approximate surface area is 175 Å². The van der Waals surface area contributed by atoms with Crippen molar-refractivity contribution in [3.63, 3.8) is 0 Å². The second kappa shape index (κ2) is 9.61. The van der Waals surface area contributed by atoms with Crippen molar-refractivity contribution in [1.29, 1.82) is 0 Å². The van der Waals surface area contributed by atoms with E-state index in [9.17, 15) is 18.0 Å². The summed E-state index contributed by atoms with van der Waals surface area (Å²) in [6.07, 6.45) is -0.458. The van der Waals surface area contributed by atoms with Gasteiger partial charge in [-0.25, -0.2) is 4.79 Å². The second-order valence-electron chi connectivity index (χ2n) is 7.30. The number of nitrogens with zero attached hydrogens (tertiary/aromatic N) is 4. The lowest BCUT2D eigenvalue weighted by molar-refractivity contribution is -0.192. The van der Waals surface area contributed by atoms with Gasteiger partial charge in [0.25, 0.3) is 0 Å². The molecule has 2 aliphatic heterocycles. The quantitative estimate of drug-likeness (QED) is 0.767. The molecular formula is C19H23F3N4O3S. The molecular weight excluding hydrogens is 421 g/mol. The monoisotopic (exact) mass is 444 g/mol. The van der Waals surface area contributed by atoms with Gasteiger partial charge in [0.1, 0.15) is 0 Å². The highest BCUT2D eigenvalue weighted by atomic mass is 32.1. The van der Waals surface area contributed by atoms with Crippen LogP contribution < -0.4 is 0 Å². The summed E-state index contributed by atoms with van der Waals surface area (Å²) >= 11 is 1.76. The molecule has 0 aliphatic carbocycles. The topological polar surface area (TPSA) is 78.7 Å². The maximum atomic E-state index is 11.8. The Hall–Kier alpha value is -2.40. The number of aliphatic carboxylic acids is 1. The van der Waals surface area contributed by atoms with E-state index in [1.54, 1.807) is 11.3 Å². The minimum atomic E-state index is -5.08. The number of likely N-dealkylation sites (tertiary alicyclic amines) is 1. The van der Waals surface area contributed by atoms with Crippen molar-refractivity contribution >= 4 is 23.2 Å². The van der Waals surface area contributed by atoms with Crippen molar-refractivity contribution in [3.8, 4) is 0 Å². The van der Waals surface area contributed by atoms with Gasteiger partial charge in [0.2, 0.25) is 5.91 Å². The molecule has 4 heterocycles. The standard InChI is InChI=1S/C17H22N4OS.C2HF3O2/c22-17-2-1-7-20(17)8-4-16-12-19(10-14-5-9-23-13-14)11-15-3-6-18-21(15)16;3-2(4,5)1(6)7/h3,5-6,9,13,16H,1-2,4,7-8,10-12H2;(H,6,7). The van der Waals surface area contributed by atoms with Crippen LogP contribution in [0.15, 0.2) is 29.1 Å². The number of carboxylic acid groups (broad SMARTS) is 1. The number of fused-ring (bicyclic) bond motifs is 1. The SMILES string of the molecule is O=C(O)C(F)(F)F.O=C1CCCN1CCC1CN(Cc2ccsc2)Cc2ccnn21. The molecule has 11 heteroatoms. The Morgan fingerprint density at radius 1 is 1.33 bits per heavy atom. The van der Waals surface area contributed by atoms with Crippen LogP contribution in [-0.2, 0) is 22.7 Å². The van der Waals surface area contributed by atoms with Crippen LogP contribution in [0.25, 0.3) is 0 Å². The Balaban J connectivity index is 0.000000318. The Morgan fingerprint density at radius 3 is 2.70 bits per heavy atom. The molecule has 4 rings (SSSR count). The van der Waals surface area contributed by atoms with Crippen molar-refractivity contribution in [2.45, 2.75) is 44.6 Å². The van der Waals surface area contributed by atoms with Crippen molar-refractivity contribution < 1.29 is 27.9 Å². The molecule has 7 nitrogen and oxygen atoms in total. The van der Waals surface area contributed by atoms with Gasteiger partial charge in [0.15, 0.2) is 0 Å². The van der Waals surface area contributed by atoms with Gasteiger partial charge in [-0.1, -0.05) is 0 Å². The molecule has 1 saturated heterocycles. The van der Waals surface area contributed by atoms with Gasteiger partial charge in [-0.05, 0) is 41.3 Å². The number of carbonyl (C=O) groups excluding carboxylic acids is 1. The van der Waals surface area contributed by atoms with Gasteiger partial charge in [0.05, 0.1) is 11.7 Å². The number of thiophene rings is 1. The summed E-state index contributed by atoms with van der Waals surface area (Å²) in [6, 6.07) is 4.68. The maximum absolute atomic E-state index is 11.8. The summed E-state index contributed by atoms with van der Waals surface area (Å²) in [5, 5.41) is 16.0. The zero-order chi connectivity index (χ0) is 21.7. The molecule has 1 fully saturated rings. The van der Waals surface area contributed by atoms with Crippen LogP contribution in [0.3, 0.4) is 0 Å². The fraction of sp³-hybridized carbons (Fsp3) is 0.526. The highest BCUT2D eigenvalue weighted by Crippen LogP contribution is 2.25. The van der Waals surface area contributed by atoms with E-state index >= 15 is 0 Å². The lowest BCUT2D eigenvalue weighted by atomic mass is 10.1. The third kappa shape index (κ3) is 5.82. The lowest BCUT2D eigenvalue weighted by Gasteiger charge is -2.34. The number of amides is 1. The third-order valence-corrected chi connectivity index (χ3v) is 5.82. The van der Waals surface area contributed by atoms with Gasteiger partial charge in [-0.2, -0.15) is 29.6 Å². The molecule has 1 unspecified atom stereocenters. The van der Waals surface area contributed by atoms with E-state index < -0.39 is 12.1 Å². The summed E-state index contributed by atoms with van der Waals surface area (Å²) in [4.78, 5) is 25.2. The highest BCUT2D eigenvalue weighted by molar-refractivity contribution is 7.07. The van der Waals surface area contributed by atoms with Crippen molar-refractivity contribution in [2.75, 3.05) is 19.6 Å². The zero-order valence-electron chi connectivity index (χ0n) is 16.2. The van der Waals surface area contributed by atoms with E-state index in [-0.39, 0.29) is 0 Å². The average Bonchev–Trinajstić information content (AvgIpc) is 3.42. The van der Waals surface area contributed by atoms with E-state index in [1.165, 1.54) is 11.3 Å². The van der Waals surface area contributed by atoms with Crippen molar-refractivity contribution in [3.05, 3.63) is 40.3 Å². The summed E-state index contributed by atoms with van der Waals surface area (Å²) in [5.41, 5.74) is 2.67. The van der Waals surface area contributed by atoms with E-state index in [2.05, 4.69) is 37.6 Å². The van der Waals surface area contributed by atoms with E-state index in [4.69, 9.17) is 9.90 Å². The van der Waals surface area contributed by atoms with Gasteiger partial charge in [-0.3, -0.25) is 14.4 Å². The zero-order valence-corrected chi connectivity index (χ0v) is 17.0. The van der Waals surface area contributed by atoms with Crippen molar-refractivity contribution in [2.24, 2.45) is 0 Å². The van der Waals surface area contributed by atoms with Gasteiger partial charge in [-0.15, -0.1) is 0 Å². The fourth-order valence-corrected chi connectivity index (χ4v) is 4.34. The van der Waals surface area contributed by atoms with E-state index in [1.807, 2.05) is 11.1 Å². The molecule has 1 N–H and O–H groups in total. The van der Waals surface area contributed by atoms with Gasteiger partial charge < -0.3 is 10.0 Å². The molecule has 0 bridgehead atoms. The van der Waals surface area contributed by atoms with Crippen LogP contribution in [0.1, 0.15) is 36.6 Å². The summed E-state index contributed by atoms with van der Waals surface area (Å²) in [7, 11) is 0. The van der Waals surface area contributed by atoms with Crippen LogP contribution in [0, 0.1) is 0 Å². The van der Waals surface area contributed by atoms with Crippen LogP contribution in [0.5, 0.6) is 0 Å². The highest BCUT2D eigenvalue weighted by Gasteiger charge is 2.38. The smallest absolute Gasteiger partial charge is 0.475 e. The van der Waals surface area contributed by atoms with Crippen molar-refractivity contribution in [1.82, 2.24) is 19.6 Å². The summed E-state index contributed by atoms with van der Waals surface area (Å²) < 4.78 is 33.9. The largest absolute Gasteiger partial charge is 0.490 e. The number of carbonyl (C=O) groups is 2. The fourth-order valence-electron chi connectivity index (χ4n) is 3.68. The normalized spacial score (nSPS) is 19.4. The number of halogens is 3. The van der Waals surface area contributed by atoms with Crippen LogP contribution in [0.4, 0.5) is 13.2 Å². The first-order valence-electron chi connectivity index (χ1n) is 9.57. The first kappa shape index (κ1) is 22.3. The molecule has 2 aromatic rings. The van der Waals surface area contributed by atoms with E-state index in [0.29, 0.717) is 11.9 Å². The van der Waals surface area contributed by atoms with E-state index in [0.717, 1.165) is 52.0 Å². The molecule has 1 amide bonds. The number of rotatable bonds is 5. The number of hydrogen-bond acceptors (Lipinski definition) is 5. The number of carboxylic acids is 1. The lowest BCUT2D eigenvalue weighted by Crippen LogP contribution is -2.39. The molecule has 0 radical (unpaired) electrons. The van der Waals surface area contributed by atoms with Crippen LogP contribution in [0.2, 0.25) is 0 Å². The average molecular weight is 444 g/mol. The number of alkyl halides is 3. The molecule has 0 spiro atoms. The van der Waals surface area contributed by atoms with Gasteiger partial charge in [0, 0.05) is 45.3 Å². The molecule has 0 aromatic carbocycles. The molecule has 30 heavy (non-hydrogen) atoms. The summed E-state index contributed by atoms with van der Waals surface area (Å²) in [5.74, 6) is -2.44. The maximum Gasteiger partial charge on any atom is 0.490 e. The first-order valence-corrected chi connectivity index (χ1v) is 10.5. The third-order valence-electron chi connectivity index (χ3n) is 5.09. The number of hydrogen-bond donors (Lipinski definition) is 1. The molecule has 164 valence electrons. The Morgan fingerprint density at radius 2 is 2.10 bits per heavy atom. The Kier molecular flexibility index (Phi) is 7.14. The summed E-state index contributed by atoms with van der Waals surface area (Å²) in [6.45, 7) is 4.74. The number of aromatic nitrogens is 2. The predicted octanol–water partition coefficient (Wildman–Crippen LogP) is 3.15. The molecule has 0 saturated carbocycles. The predicted molar refractivity (Wildman–Crippen MR) is 104 cm³/mol. The molecule has 2 aliphatic rings. The van der Waals surface area contributed by atoms with Crippen LogP contribution in [-0.4, -0.2) is 62.4 Å².